The second-order valence-electron chi connectivity index (χ2n) is 15.6. The fourth-order valence-corrected chi connectivity index (χ4v) is 11.3. The summed E-state index contributed by atoms with van der Waals surface area (Å²) < 4.78 is 4.95. The molecule has 0 bridgehead atoms. The lowest BCUT2D eigenvalue weighted by molar-refractivity contribution is 0.483. The molecule has 2 heterocycles. The third-order valence-electron chi connectivity index (χ3n) is 13.2. The topological polar surface area (TPSA) is 9.86 Å². The van der Waals surface area contributed by atoms with Gasteiger partial charge in [0.1, 0.15) is 0 Å². The van der Waals surface area contributed by atoms with Crippen LogP contribution in [0.4, 0.5) is 0 Å². The predicted octanol–water partition coefficient (Wildman–Crippen LogP) is 13.1. The molecular formula is C53H34N2. The van der Waals surface area contributed by atoms with Gasteiger partial charge in [0.25, 0.3) is 0 Å². The second kappa shape index (κ2) is 10.6. The Bertz CT molecular complexity index is 3230. The molecule has 0 fully saturated rings. The molecule has 3 atom stereocenters. The smallest absolute Gasteiger partial charge is 0.0541 e. The van der Waals surface area contributed by atoms with Crippen LogP contribution in [0.1, 0.15) is 45.2 Å². The third-order valence-corrected chi connectivity index (χ3v) is 13.2. The molecule has 10 aromatic rings. The Morgan fingerprint density at radius 1 is 0.436 bits per heavy atom. The van der Waals surface area contributed by atoms with Crippen LogP contribution < -0.4 is 0 Å². The van der Waals surface area contributed by atoms with Gasteiger partial charge in [-0.25, -0.2) is 0 Å². The van der Waals surface area contributed by atoms with Gasteiger partial charge in [0, 0.05) is 44.6 Å². The average molecular weight is 699 g/mol. The fraction of sp³-hybridized carbons (Fsp3) is 0.0566. The molecule has 0 N–H and O–H groups in total. The molecule has 256 valence electrons. The van der Waals surface area contributed by atoms with E-state index in [2.05, 4.69) is 203 Å². The van der Waals surface area contributed by atoms with Gasteiger partial charge in [0.2, 0.25) is 0 Å². The van der Waals surface area contributed by atoms with Gasteiger partial charge in [-0.2, -0.15) is 0 Å². The zero-order valence-corrected chi connectivity index (χ0v) is 30.0. The van der Waals surface area contributed by atoms with Crippen molar-refractivity contribution in [3.8, 4) is 22.5 Å². The molecule has 0 aliphatic heterocycles. The molecule has 3 unspecified atom stereocenters. The lowest BCUT2D eigenvalue weighted by atomic mass is 9.55. The van der Waals surface area contributed by atoms with E-state index in [9.17, 15) is 0 Å². The zero-order valence-electron chi connectivity index (χ0n) is 30.0. The van der Waals surface area contributed by atoms with Crippen molar-refractivity contribution in [3.63, 3.8) is 0 Å². The lowest BCUT2D eigenvalue weighted by Crippen LogP contribution is -2.38. The zero-order chi connectivity index (χ0) is 35.8. The molecular weight excluding hydrogens is 665 g/mol. The highest BCUT2D eigenvalue weighted by Crippen LogP contribution is 2.69. The Balaban J connectivity index is 1.15. The van der Waals surface area contributed by atoms with Crippen molar-refractivity contribution in [2.75, 3.05) is 0 Å². The van der Waals surface area contributed by atoms with Crippen molar-refractivity contribution in [1.82, 2.24) is 9.13 Å². The van der Waals surface area contributed by atoms with Crippen molar-refractivity contribution >= 4 is 49.7 Å². The second-order valence-corrected chi connectivity index (χ2v) is 15.6. The van der Waals surface area contributed by atoms with E-state index in [0.717, 1.165) is 0 Å². The molecule has 0 saturated heterocycles. The number of rotatable bonds is 3. The Morgan fingerprint density at radius 3 is 1.80 bits per heavy atom. The maximum Gasteiger partial charge on any atom is 0.0541 e. The Kier molecular flexibility index (Phi) is 5.70. The Morgan fingerprint density at radius 2 is 1.04 bits per heavy atom. The first-order valence-electron chi connectivity index (χ1n) is 19.4. The quantitative estimate of drug-likeness (QED) is 0.174. The fourth-order valence-electron chi connectivity index (χ4n) is 11.3. The number of nitrogens with zero attached hydrogens (tertiary/aromatic N) is 2. The molecule has 13 rings (SSSR count). The van der Waals surface area contributed by atoms with Crippen molar-refractivity contribution in [1.29, 1.82) is 0 Å². The standard InChI is InChI=1S/C53H34N2/c1-2-14-34(15-3-1)54-46-23-11-8-20-39(46)43-32-33(26-30-50(43)54)53-44-21-9-4-16-35(44)40-29-31-49(55-47-24-12-6-18-37(47)38-19-7-13-25-48(38)55)42-28-27-41(52(53)51(40)42)36-17-5-10-22-45(36)53/h1-32,41,52H. The van der Waals surface area contributed by atoms with E-state index in [-0.39, 0.29) is 11.8 Å². The van der Waals surface area contributed by atoms with E-state index in [1.165, 1.54) is 99.5 Å². The maximum atomic E-state index is 2.55. The molecule has 0 radical (unpaired) electrons. The van der Waals surface area contributed by atoms with Crippen LogP contribution in [-0.4, -0.2) is 9.13 Å². The number of hydrogen-bond acceptors (Lipinski definition) is 0. The number of aromatic nitrogens is 2. The first-order chi connectivity index (χ1) is 27.3. The van der Waals surface area contributed by atoms with Crippen LogP contribution in [0, 0.1) is 0 Å². The van der Waals surface area contributed by atoms with E-state index in [0.29, 0.717) is 0 Å². The first-order valence-corrected chi connectivity index (χ1v) is 19.4. The van der Waals surface area contributed by atoms with Crippen molar-refractivity contribution in [3.05, 3.63) is 221 Å². The molecule has 0 spiro atoms. The number of benzene rings is 8. The van der Waals surface area contributed by atoms with E-state index in [1.807, 2.05) is 0 Å². The molecule has 3 aliphatic carbocycles. The minimum atomic E-state index is -0.395. The Hall–Kier alpha value is -6.90. The minimum absolute atomic E-state index is 0.183. The number of hydrogen-bond donors (Lipinski definition) is 0. The van der Waals surface area contributed by atoms with Crippen LogP contribution in [0.15, 0.2) is 188 Å². The van der Waals surface area contributed by atoms with Gasteiger partial charge in [-0.15, -0.1) is 0 Å². The summed E-state index contributed by atoms with van der Waals surface area (Å²) in [5, 5.41) is 5.15. The SMILES string of the molecule is C1=CC2c3ccccc3C3(c4ccc5c(c4)c4ccccc4n5-c4ccccc4)c4ccccc4-c4ccc(-n5c6ccccc6c6ccccc65)c1c4C23. The molecule has 2 nitrogen and oxygen atoms in total. The van der Waals surface area contributed by atoms with Crippen LogP contribution in [0.5, 0.6) is 0 Å². The van der Waals surface area contributed by atoms with Crippen LogP contribution in [-0.2, 0) is 5.41 Å². The largest absolute Gasteiger partial charge is 0.309 e. The first kappa shape index (κ1) is 29.5. The molecule has 55 heavy (non-hydrogen) atoms. The van der Waals surface area contributed by atoms with Crippen LogP contribution in [0.2, 0.25) is 0 Å². The summed E-state index contributed by atoms with van der Waals surface area (Å²) >= 11 is 0. The summed E-state index contributed by atoms with van der Waals surface area (Å²) in [6.45, 7) is 0. The highest BCUT2D eigenvalue weighted by atomic mass is 15.0. The van der Waals surface area contributed by atoms with Crippen molar-refractivity contribution < 1.29 is 0 Å². The highest BCUT2D eigenvalue weighted by Gasteiger charge is 2.58. The van der Waals surface area contributed by atoms with Crippen molar-refractivity contribution in [2.45, 2.75) is 17.3 Å². The van der Waals surface area contributed by atoms with E-state index in [1.54, 1.807) is 0 Å². The molecule has 2 aromatic heterocycles. The summed E-state index contributed by atoms with van der Waals surface area (Å²) in [5.41, 5.74) is 18.1. The Labute approximate surface area is 318 Å². The average Bonchev–Trinajstić information content (AvgIpc) is 3.88. The van der Waals surface area contributed by atoms with E-state index in [4.69, 9.17) is 0 Å². The summed E-state index contributed by atoms with van der Waals surface area (Å²) in [7, 11) is 0. The lowest BCUT2D eigenvalue weighted by Gasteiger charge is -2.47. The third kappa shape index (κ3) is 3.60. The van der Waals surface area contributed by atoms with Gasteiger partial charge < -0.3 is 9.13 Å². The summed E-state index contributed by atoms with van der Waals surface area (Å²) in [6, 6.07) is 68.3. The van der Waals surface area contributed by atoms with Gasteiger partial charge in [0.05, 0.1) is 33.2 Å². The molecule has 0 amide bonds. The normalized spacial score (nSPS) is 18.9. The number of para-hydroxylation sites is 4. The minimum Gasteiger partial charge on any atom is -0.309 e. The van der Waals surface area contributed by atoms with Crippen LogP contribution >= 0.6 is 0 Å². The monoisotopic (exact) mass is 698 g/mol. The molecule has 3 aliphatic rings. The van der Waals surface area contributed by atoms with Crippen molar-refractivity contribution in [2.24, 2.45) is 0 Å². The molecule has 8 aromatic carbocycles. The molecule has 2 heteroatoms. The van der Waals surface area contributed by atoms with E-state index < -0.39 is 5.41 Å². The van der Waals surface area contributed by atoms with Gasteiger partial charge in [0.15, 0.2) is 0 Å². The van der Waals surface area contributed by atoms with Crippen LogP contribution in [0.3, 0.4) is 0 Å². The van der Waals surface area contributed by atoms with Gasteiger partial charge in [-0.1, -0.05) is 146 Å². The number of fused-ring (bicyclic) bond motifs is 12. The van der Waals surface area contributed by atoms with E-state index >= 15 is 0 Å². The van der Waals surface area contributed by atoms with Gasteiger partial charge in [-0.05, 0) is 87.5 Å². The molecule has 0 saturated carbocycles. The highest BCUT2D eigenvalue weighted by molar-refractivity contribution is 6.11. The predicted molar refractivity (Wildman–Crippen MR) is 228 cm³/mol. The maximum absolute atomic E-state index is 2.55. The summed E-state index contributed by atoms with van der Waals surface area (Å²) in [5.74, 6) is 0.424. The van der Waals surface area contributed by atoms with Gasteiger partial charge in [-0.3, -0.25) is 0 Å². The summed E-state index contributed by atoms with van der Waals surface area (Å²) in [4.78, 5) is 0. The van der Waals surface area contributed by atoms with Crippen LogP contribution in [0.25, 0.3) is 72.2 Å². The van der Waals surface area contributed by atoms with Gasteiger partial charge >= 0.3 is 0 Å². The summed E-state index contributed by atoms with van der Waals surface area (Å²) in [6.07, 6.45) is 4.98. The number of allylic oxidation sites excluding steroid dienone is 1.